The molecule has 6 rings (SSSR count). The van der Waals surface area contributed by atoms with E-state index in [1.54, 1.807) is 36.4 Å². The Balaban J connectivity index is 0.000000193. The zero-order chi connectivity index (χ0) is 42.7. The van der Waals surface area contributed by atoms with E-state index in [2.05, 4.69) is 0 Å². The molecule has 0 spiro atoms. The molecular formula is C38H51FO19. The topological polar surface area (TPSA) is 307 Å². The van der Waals surface area contributed by atoms with Crippen LogP contribution in [-0.4, -0.2) is 180 Å². The number of aliphatic hydroxyl groups excluding tert-OH is 12. The maximum absolute atomic E-state index is 12.7. The van der Waals surface area contributed by atoms with Crippen LogP contribution in [0.5, 0.6) is 23.0 Å². The molecule has 3 aliphatic heterocycles. The number of methoxy groups -OCH3 is 1. The summed E-state index contributed by atoms with van der Waals surface area (Å²) < 4.78 is 49.4. The average molecular weight is 831 g/mol. The van der Waals surface area contributed by atoms with Crippen molar-refractivity contribution in [2.45, 2.75) is 99.0 Å². The molecule has 3 aliphatic rings. The van der Waals surface area contributed by atoms with Gasteiger partial charge >= 0.3 is 0 Å². The van der Waals surface area contributed by atoms with Crippen molar-refractivity contribution in [3.05, 3.63) is 84.2 Å². The summed E-state index contributed by atoms with van der Waals surface area (Å²) in [5, 5.41) is 114. The highest BCUT2D eigenvalue weighted by atomic mass is 19.1. The first-order chi connectivity index (χ1) is 27.6. The molecule has 0 aromatic heterocycles. The number of hydrogen-bond acceptors (Lipinski definition) is 19. The van der Waals surface area contributed by atoms with Crippen LogP contribution in [0.2, 0.25) is 0 Å². The van der Waals surface area contributed by atoms with E-state index in [1.165, 1.54) is 31.4 Å². The van der Waals surface area contributed by atoms with Crippen LogP contribution in [0.1, 0.15) is 5.56 Å². The van der Waals surface area contributed by atoms with Crippen LogP contribution in [0.4, 0.5) is 4.39 Å². The Hall–Kier alpha value is -3.81. The minimum Gasteiger partial charge on any atom is -0.497 e. The summed E-state index contributed by atoms with van der Waals surface area (Å²) in [4.78, 5) is 0. The van der Waals surface area contributed by atoms with Crippen LogP contribution in [0.15, 0.2) is 72.8 Å². The van der Waals surface area contributed by atoms with Gasteiger partial charge in [-0.3, -0.25) is 0 Å². The van der Waals surface area contributed by atoms with Crippen molar-refractivity contribution in [1.82, 2.24) is 0 Å². The summed E-state index contributed by atoms with van der Waals surface area (Å²) >= 11 is 0. The predicted octanol–water partition coefficient (Wildman–Crippen LogP) is -2.95. The third kappa shape index (κ3) is 12.1. The van der Waals surface area contributed by atoms with Crippen molar-refractivity contribution in [1.29, 1.82) is 0 Å². The summed E-state index contributed by atoms with van der Waals surface area (Å²) in [7, 11) is 1.54. The van der Waals surface area contributed by atoms with Gasteiger partial charge in [0.25, 0.3) is 0 Å². The van der Waals surface area contributed by atoms with Crippen molar-refractivity contribution in [3.8, 4) is 23.0 Å². The third-order valence-electron chi connectivity index (χ3n) is 9.20. The Kier molecular flexibility index (Phi) is 17.8. The van der Waals surface area contributed by atoms with E-state index >= 15 is 0 Å². The van der Waals surface area contributed by atoms with Crippen LogP contribution >= 0.6 is 0 Å². The lowest BCUT2D eigenvalue weighted by molar-refractivity contribution is -0.277. The minimum absolute atomic E-state index is 0.228. The molecule has 0 aliphatic carbocycles. The zero-order valence-corrected chi connectivity index (χ0v) is 31.3. The van der Waals surface area contributed by atoms with Gasteiger partial charge in [0, 0.05) is 0 Å². The molecule has 0 saturated carbocycles. The molecule has 20 heteroatoms. The van der Waals surface area contributed by atoms with Gasteiger partial charge in [0.05, 0.1) is 26.9 Å². The first-order valence-electron chi connectivity index (χ1n) is 18.0. The number of aliphatic hydroxyl groups is 12. The molecular weight excluding hydrogens is 779 g/mol. The second-order valence-corrected chi connectivity index (χ2v) is 13.4. The van der Waals surface area contributed by atoms with E-state index in [-0.39, 0.29) is 5.75 Å². The summed E-state index contributed by atoms with van der Waals surface area (Å²) in [5.74, 6) is 1.29. The molecule has 3 saturated heterocycles. The summed E-state index contributed by atoms with van der Waals surface area (Å²) in [5.41, 5.74) is 1.06. The smallest absolute Gasteiger partial charge is 0.229 e. The van der Waals surface area contributed by atoms with Gasteiger partial charge < -0.3 is 94.4 Å². The quantitative estimate of drug-likeness (QED) is 0.0972. The third-order valence-corrected chi connectivity index (χ3v) is 9.20. The van der Waals surface area contributed by atoms with Gasteiger partial charge in [0.1, 0.15) is 102 Å². The molecule has 15 atom stereocenters. The zero-order valence-electron chi connectivity index (χ0n) is 31.3. The summed E-state index contributed by atoms with van der Waals surface area (Å²) in [6.45, 7) is 0.429. The highest BCUT2D eigenvalue weighted by Gasteiger charge is 2.46. The van der Waals surface area contributed by atoms with E-state index in [9.17, 15) is 50.3 Å². The molecule has 12 N–H and O–H groups in total. The molecule has 324 valence electrons. The maximum atomic E-state index is 12.7. The van der Waals surface area contributed by atoms with Gasteiger partial charge in [0.2, 0.25) is 18.9 Å². The van der Waals surface area contributed by atoms with Crippen LogP contribution in [0.25, 0.3) is 0 Å². The van der Waals surface area contributed by atoms with Crippen molar-refractivity contribution in [2.24, 2.45) is 0 Å². The fraction of sp³-hybridized carbons (Fsp3) is 0.526. The molecule has 0 bridgehead atoms. The molecule has 0 amide bonds. The lowest BCUT2D eigenvalue weighted by Gasteiger charge is -2.39. The van der Waals surface area contributed by atoms with E-state index in [0.717, 1.165) is 5.56 Å². The van der Waals surface area contributed by atoms with Crippen LogP contribution in [-0.2, 0) is 14.2 Å². The van der Waals surface area contributed by atoms with Crippen LogP contribution in [0, 0.1) is 12.7 Å². The van der Waals surface area contributed by atoms with Gasteiger partial charge in [-0.05, 0) is 67.6 Å². The molecule has 3 heterocycles. The molecule has 3 aromatic carbocycles. The van der Waals surface area contributed by atoms with Gasteiger partial charge in [-0.1, -0.05) is 17.7 Å². The monoisotopic (exact) mass is 830 g/mol. The molecule has 19 nitrogen and oxygen atoms in total. The predicted molar refractivity (Wildman–Crippen MR) is 194 cm³/mol. The summed E-state index contributed by atoms with van der Waals surface area (Å²) in [6, 6.07) is 18.6. The van der Waals surface area contributed by atoms with E-state index in [4.69, 9.17) is 48.5 Å². The van der Waals surface area contributed by atoms with Crippen molar-refractivity contribution >= 4 is 0 Å². The lowest BCUT2D eigenvalue weighted by Crippen LogP contribution is -2.60. The fourth-order valence-corrected chi connectivity index (χ4v) is 5.68. The lowest BCUT2D eigenvalue weighted by atomic mass is 9.99. The molecule has 3 aromatic rings. The van der Waals surface area contributed by atoms with Crippen LogP contribution < -0.4 is 18.9 Å². The second-order valence-electron chi connectivity index (χ2n) is 13.4. The number of halogens is 1. The molecule has 58 heavy (non-hydrogen) atoms. The first-order valence-corrected chi connectivity index (χ1v) is 18.0. The SMILES string of the molecule is COc1ccc(O[C@@H]2OC(CO)[C@@H](O)[C@H](O)C2O)cc1.Cc1ccc(O[C@@H]2OC(CO)[C@@H](O)[C@H](O)C2O)cc1.OCC1O[C@@H](Oc2ccc(F)cc2)C(O)[C@@H](O)[C@@H]1O. The Morgan fingerprint density at radius 2 is 0.707 bits per heavy atom. The minimum atomic E-state index is -1.50. The van der Waals surface area contributed by atoms with Crippen molar-refractivity contribution in [2.75, 3.05) is 26.9 Å². The van der Waals surface area contributed by atoms with Crippen molar-refractivity contribution in [3.63, 3.8) is 0 Å². The van der Waals surface area contributed by atoms with Crippen molar-refractivity contribution < 1.29 is 98.8 Å². The van der Waals surface area contributed by atoms with Gasteiger partial charge in [-0.25, -0.2) is 4.39 Å². The van der Waals surface area contributed by atoms with E-state index in [0.29, 0.717) is 17.2 Å². The Morgan fingerprint density at radius 3 is 1.00 bits per heavy atom. The standard InChI is InChI=1S/C13H18O7.C13H18O6.C12H15FO6/c1-18-7-2-4-8(5-3-7)19-13-12(17)11(16)10(15)9(6-14)20-13;1-7-2-4-8(5-3-7)18-13-12(17)11(16)10(15)9(6-14)19-13;13-6-1-3-7(4-2-6)18-12-11(17)10(16)9(15)8(5-14)19-12/h2-5,9-17H,6H2,1H3;2-5,9-17H,6H2,1H3;1-4,8-12,14-17H,5H2/t2*9?,10-,11+,12?,13-;8?,9-,10+,11?,12-/m111/s1. The van der Waals surface area contributed by atoms with Gasteiger partial charge in [-0.15, -0.1) is 0 Å². The molecule has 6 unspecified atom stereocenters. The molecule has 3 fully saturated rings. The van der Waals surface area contributed by atoms with Gasteiger partial charge in [0.15, 0.2) is 0 Å². The number of ether oxygens (including phenoxy) is 7. The number of rotatable bonds is 10. The molecule has 0 radical (unpaired) electrons. The van der Waals surface area contributed by atoms with E-state index in [1.807, 2.05) is 19.1 Å². The average Bonchev–Trinajstić information content (AvgIpc) is 3.23. The summed E-state index contributed by atoms with van der Waals surface area (Å²) in [6.07, 6.45) is -19.5. The van der Waals surface area contributed by atoms with Crippen LogP contribution in [0.3, 0.4) is 0 Å². The Morgan fingerprint density at radius 1 is 0.431 bits per heavy atom. The number of hydrogen-bond donors (Lipinski definition) is 12. The van der Waals surface area contributed by atoms with E-state index < -0.39 is 118 Å². The highest BCUT2D eigenvalue weighted by Crippen LogP contribution is 2.27. The Bertz CT molecular complexity index is 1540. The maximum Gasteiger partial charge on any atom is 0.229 e. The first kappa shape index (κ1) is 46.9. The fourth-order valence-electron chi connectivity index (χ4n) is 5.68. The Labute approximate surface area is 331 Å². The highest BCUT2D eigenvalue weighted by molar-refractivity contribution is 5.31. The largest absolute Gasteiger partial charge is 0.497 e. The van der Waals surface area contributed by atoms with Gasteiger partial charge in [-0.2, -0.15) is 0 Å². The second kappa shape index (κ2) is 22.0. The normalized spacial score (nSPS) is 34.6. The number of benzene rings is 3. The number of aryl methyl sites for hydroxylation is 1.